The summed E-state index contributed by atoms with van der Waals surface area (Å²) >= 11 is 0. The Hall–Kier alpha value is -1.30. The van der Waals surface area contributed by atoms with Crippen molar-refractivity contribution in [2.75, 3.05) is 46.8 Å². The summed E-state index contributed by atoms with van der Waals surface area (Å²) in [5.74, 6) is -0.851. The second-order valence-electron chi connectivity index (χ2n) is 6.19. The maximum Gasteiger partial charge on any atom is 0.319 e. The lowest BCUT2D eigenvalue weighted by molar-refractivity contribution is -0.141. The molecule has 6 heteroatoms. The van der Waals surface area contributed by atoms with Crippen LogP contribution in [0, 0.1) is 11.8 Å². The van der Waals surface area contributed by atoms with E-state index in [0.29, 0.717) is 12.5 Å². The van der Waals surface area contributed by atoms with Gasteiger partial charge in [0.25, 0.3) is 0 Å². The van der Waals surface area contributed by atoms with Crippen molar-refractivity contribution in [1.82, 2.24) is 14.7 Å². The van der Waals surface area contributed by atoms with Gasteiger partial charge in [0.05, 0.1) is 5.92 Å². The number of carboxylic acid groups (broad SMARTS) is 1. The van der Waals surface area contributed by atoms with E-state index in [1.165, 1.54) is 0 Å². The van der Waals surface area contributed by atoms with Crippen molar-refractivity contribution in [1.29, 1.82) is 0 Å². The van der Waals surface area contributed by atoms with E-state index in [9.17, 15) is 9.59 Å². The zero-order valence-corrected chi connectivity index (χ0v) is 13.7. The summed E-state index contributed by atoms with van der Waals surface area (Å²) in [7, 11) is 3.94. The van der Waals surface area contributed by atoms with Gasteiger partial charge in [-0.1, -0.05) is 6.92 Å². The summed E-state index contributed by atoms with van der Waals surface area (Å²) in [4.78, 5) is 29.0. The molecule has 0 saturated carbocycles. The standard InChI is InChI=1S/C15H29N3O3/c1-5-18(10-12(2)14(19)20)15(21)17(4)11-13-6-8-16(3)9-7-13/h12-13H,5-11H2,1-4H3,(H,19,20). The lowest BCUT2D eigenvalue weighted by atomic mass is 9.97. The molecule has 0 aromatic rings. The molecular formula is C15H29N3O3. The summed E-state index contributed by atoms with van der Waals surface area (Å²) < 4.78 is 0. The van der Waals surface area contributed by atoms with Crippen LogP contribution in [-0.2, 0) is 4.79 Å². The third kappa shape index (κ3) is 5.53. The fraction of sp³-hybridized carbons (Fsp3) is 0.867. The average Bonchev–Trinajstić information content (AvgIpc) is 2.45. The maximum absolute atomic E-state index is 12.4. The number of hydrogen-bond donors (Lipinski definition) is 1. The second-order valence-corrected chi connectivity index (χ2v) is 6.19. The number of piperidine rings is 1. The first kappa shape index (κ1) is 17.8. The van der Waals surface area contributed by atoms with Gasteiger partial charge in [-0.3, -0.25) is 4.79 Å². The Morgan fingerprint density at radius 3 is 2.38 bits per heavy atom. The van der Waals surface area contributed by atoms with E-state index >= 15 is 0 Å². The molecular weight excluding hydrogens is 270 g/mol. The second kappa shape index (κ2) is 8.22. The van der Waals surface area contributed by atoms with Crippen molar-refractivity contribution in [3.05, 3.63) is 0 Å². The van der Waals surface area contributed by atoms with Crippen molar-refractivity contribution >= 4 is 12.0 Å². The van der Waals surface area contributed by atoms with Gasteiger partial charge < -0.3 is 19.8 Å². The molecule has 1 fully saturated rings. The fourth-order valence-electron chi connectivity index (χ4n) is 2.70. The normalized spacial score (nSPS) is 18.3. The van der Waals surface area contributed by atoms with Gasteiger partial charge in [-0.05, 0) is 45.8 Å². The van der Waals surface area contributed by atoms with Gasteiger partial charge in [-0.2, -0.15) is 0 Å². The molecule has 122 valence electrons. The molecule has 6 nitrogen and oxygen atoms in total. The number of amides is 2. The molecule has 0 radical (unpaired) electrons. The molecule has 0 bridgehead atoms. The number of hydrogen-bond acceptors (Lipinski definition) is 3. The number of aliphatic carboxylic acids is 1. The van der Waals surface area contributed by atoms with E-state index in [-0.39, 0.29) is 12.6 Å². The van der Waals surface area contributed by atoms with E-state index < -0.39 is 11.9 Å². The predicted octanol–water partition coefficient (Wildman–Crippen LogP) is 1.42. The first-order chi connectivity index (χ1) is 9.85. The van der Waals surface area contributed by atoms with Crippen molar-refractivity contribution in [2.24, 2.45) is 11.8 Å². The highest BCUT2D eigenvalue weighted by molar-refractivity contribution is 5.75. The Morgan fingerprint density at radius 2 is 1.90 bits per heavy atom. The molecule has 2 amide bonds. The number of rotatable bonds is 6. The molecule has 1 unspecified atom stereocenters. The molecule has 1 rings (SSSR count). The number of carbonyl (C=O) groups is 2. The summed E-state index contributed by atoms with van der Waals surface area (Å²) in [5.41, 5.74) is 0. The summed E-state index contributed by atoms with van der Waals surface area (Å²) in [6.45, 7) is 7.24. The van der Waals surface area contributed by atoms with E-state index in [1.54, 1.807) is 16.7 Å². The zero-order valence-electron chi connectivity index (χ0n) is 13.7. The molecule has 1 saturated heterocycles. The lowest BCUT2D eigenvalue weighted by Crippen LogP contribution is -2.46. The number of nitrogens with zero attached hydrogens (tertiary/aromatic N) is 3. The van der Waals surface area contributed by atoms with Crippen LogP contribution < -0.4 is 0 Å². The van der Waals surface area contributed by atoms with Gasteiger partial charge in [0.1, 0.15) is 0 Å². The largest absolute Gasteiger partial charge is 0.481 e. The number of urea groups is 1. The Morgan fingerprint density at radius 1 is 1.33 bits per heavy atom. The van der Waals surface area contributed by atoms with Crippen LogP contribution in [0.1, 0.15) is 26.7 Å². The van der Waals surface area contributed by atoms with Crippen LogP contribution in [-0.4, -0.2) is 78.6 Å². The molecule has 1 aliphatic heterocycles. The van der Waals surface area contributed by atoms with Crippen molar-refractivity contribution in [2.45, 2.75) is 26.7 Å². The lowest BCUT2D eigenvalue weighted by Gasteiger charge is -2.34. The van der Waals surface area contributed by atoms with Gasteiger partial charge in [0.15, 0.2) is 0 Å². The van der Waals surface area contributed by atoms with Gasteiger partial charge in [-0.15, -0.1) is 0 Å². The molecule has 0 spiro atoms. The van der Waals surface area contributed by atoms with Crippen molar-refractivity contribution < 1.29 is 14.7 Å². The van der Waals surface area contributed by atoms with Crippen LogP contribution in [0.25, 0.3) is 0 Å². The maximum atomic E-state index is 12.4. The van der Waals surface area contributed by atoms with Crippen molar-refractivity contribution in [3.63, 3.8) is 0 Å². The van der Waals surface area contributed by atoms with Crippen LogP contribution in [0.4, 0.5) is 4.79 Å². The number of carbonyl (C=O) groups excluding carboxylic acids is 1. The van der Waals surface area contributed by atoms with E-state index in [4.69, 9.17) is 5.11 Å². The van der Waals surface area contributed by atoms with Gasteiger partial charge in [-0.25, -0.2) is 4.79 Å². The zero-order chi connectivity index (χ0) is 16.0. The Labute approximate surface area is 127 Å². The topological polar surface area (TPSA) is 64.1 Å². The average molecular weight is 299 g/mol. The molecule has 1 aliphatic rings. The number of carboxylic acids is 1. The van der Waals surface area contributed by atoms with Crippen LogP contribution in [0.2, 0.25) is 0 Å². The van der Waals surface area contributed by atoms with Gasteiger partial charge in [0, 0.05) is 26.7 Å². The molecule has 0 aromatic carbocycles. The summed E-state index contributed by atoms with van der Waals surface area (Å²) in [6, 6.07) is -0.0653. The number of likely N-dealkylation sites (tertiary alicyclic amines) is 1. The summed E-state index contributed by atoms with van der Waals surface area (Å²) in [6.07, 6.45) is 2.23. The summed E-state index contributed by atoms with van der Waals surface area (Å²) in [5, 5.41) is 8.98. The van der Waals surface area contributed by atoms with Crippen molar-refractivity contribution in [3.8, 4) is 0 Å². The first-order valence-corrected chi connectivity index (χ1v) is 7.76. The Balaban J connectivity index is 2.48. The highest BCUT2D eigenvalue weighted by atomic mass is 16.4. The molecule has 21 heavy (non-hydrogen) atoms. The highest BCUT2D eigenvalue weighted by Gasteiger charge is 2.24. The van der Waals surface area contributed by atoms with Crippen LogP contribution in [0.3, 0.4) is 0 Å². The highest BCUT2D eigenvalue weighted by Crippen LogP contribution is 2.17. The smallest absolute Gasteiger partial charge is 0.319 e. The quantitative estimate of drug-likeness (QED) is 0.806. The molecule has 1 atom stereocenters. The Bertz CT molecular complexity index is 354. The molecule has 0 aliphatic carbocycles. The van der Waals surface area contributed by atoms with Crippen LogP contribution in [0.15, 0.2) is 0 Å². The Kier molecular flexibility index (Phi) is 6.95. The predicted molar refractivity (Wildman–Crippen MR) is 82.3 cm³/mol. The van der Waals surface area contributed by atoms with Gasteiger partial charge in [0.2, 0.25) is 0 Å². The molecule has 0 aromatic heterocycles. The van der Waals surface area contributed by atoms with E-state index in [0.717, 1.165) is 32.5 Å². The molecule has 1 N–H and O–H groups in total. The third-order valence-corrected chi connectivity index (χ3v) is 4.26. The van der Waals surface area contributed by atoms with E-state index in [2.05, 4.69) is 11.9 Å². The van der Waals surface area contributed by atoms with Gasteiger partial charge >= 0.3 is 12.0 Å². The monoisotopic (exact) mass is 299 g/mol. The third-order valence-electron chi connectivity index (χ3n) is 4.26. The van der Waals surface area contributed by atoms with E-state index in [1.807, 2.05) is 14.0 Å². The molecule has 1 heterocycles. The fourth-order valence-corrected chi connectivity index (χ4v) is 2.70. The minimum Gasteiger partial charge on any atom is -0.481 e. The van der Waals surface area contributed by atoms with Crippen LogP contribution >= 0.6 is 0 Å². The minimum atomic E-state index is -0.862. The van der Waals surface area contributed by atoms with Crippen LogP contribution in [0.5, 0.6) is 0 Å². The SMILES string of the molecule is CCN(CC(C)C(=O)O)C(=O)N(C)CC1CCN(C)CC1. The minimum absolute atomic E-state index is 0.0653. The first-order valence-electron chi connectivity index (χ1n) is 7.76.